The molecule has 1 heterocycles. The van der Waals surface area contributed by atoms with Gasteiger partial charge in [-0.05, 0) is 48.5 Å². The van der Waals surface area contributed by atoms with Crippen LogP contribution in [0.2, 0.25) is 0 Å². The van der Waals surface area contributed by atoms with E-state index in [0.717, 1.165) is 6.26 Å². The van der Waals surface area contributed by atoms with Crippen molar-refractivity contribution in [2.24, 2.45) is 0 Å². The average Bonchev–Trinajstić information content (AvgIpc) is 2.63. The molecule has 0 saturated carbocycles. The van der Waals surface area contributed by atoms with Crippen molar-refractivity contribution in [2.45, 2.75) is 4.90 Å². The van der Waals surface area contributed by atoms with E-state index in [2.05, 4.69) is 15.3 Å². The molecule has 132 valence electrons. The van der Waals surface area contributed by atoms with Crippen LogP contribution in [0.1, 0.15) is 10.4 Å². The molecule has 3 aromatic rings. The van der Waals surface area contributed by atoms with Crippen LogP contribution in [0.4, 0.5) is 11.4 Å². The third-order valence-corrected chi connectivity index (χ3v) is 4.80. The van der Waals surface area contributed by atoms with E-state index in [4.69, 9.17) is 5.73 Å². The summed E-state index contributed by atoms with van der Waals surface area (Å²) in [6.07, 6.45) is 4.36. The van der Waals surface area contributed by atoms with Gasteiger partial charge in [-0.3, -0.25) is 4.79 Å². The first kappa shape index (κ1) is 17.6. The van der Waals surface area contributed by atoms with E-state index in [0.29, 0.717) is 28.3 Å². The summed E-state index contributed by atoms with van der Waals surface area (Å²) in [6, 6.07) is 12.5. The predicted octanol–water partition coefficient (Wildman–Crippen LogP) is 2.38. The predicted molar refractivity (Wildman–Crippen MR) is 99.4 cm³/mol. The zero-order valence-corrected chi connectivity index (χ0v) is 14.7. The average molecular weight is 368 g/mol. The number of sulfone groups is 1. The van der Waals surface area contributed by atoms with Crippen molar-refractivity contribution in [3.8, 4) is 11.4 Å². The zero-order chi connectivity index (χ0) is 18.7. The van der Waals surface area contributed by atoms with E-state index in [-0.39, 0.29) is 4.90 Å². The van der Waals surface area contributed by atoms with Gasteiger partial charge in [0, 0.05) is 29.8 Å². The lowest BCUT2D eigenvalue weighted by atomic mass is 10.1. The molecule has 8 heteroatoms. The lowest BCUT2D eigenvalue weighted by molar-refractivity contribution is 0.102. The Kier molecular flexibility index (Phi) is 4.68. The number of hydrogen-bond donors (Lipinski definition) is 2. The molecule has 0 saturated heterocycles. The summed E-state index contributed by atoms with van der Waals surface area (Å²) >= 11 is 0. The highest BCUT2D eigenvalue weighted by molar-refractivity contribution is 7.90. The number of aromatic nitrogens is 2. The molecule has 0 fully saturated rings. The van der Waals surface area contributed by atoms with Gasteiger partial charge in [-0.15, -0.1) is 0 Å². The molecule has 0 aliphatic carbocycles. The van der Waals surface area contributed by atoms with Gasteiger partial charge in [-0.1, -0.05) is 0 Å². The maximum atomic E-state index is 12.4. The second kappa shape index (κ2) is 6.93. The van der Waals surface area contributed by atoms with Gasteiger partial charge in [0.2, 0.25) is 0 Å². The minimum absolute atomic E-state index is 0.150. The number of nitrogens with zero attached hydrogens (tertiary/aromatic N) is 2. The molecule has 3 rings (SSSR count). The highest BCUT2D eigenvalue weighted by Crippen LogP contribution is 2.25. The van der Waals surface area contributed by atoms with Crippen LogP contribution in [0.5, 0.6) is 0 Å². The first-order chi connectivity index (χ1) is 12.3. The number of carbonyl (C=O) groups excluding carboxylic acids is 1. The van der Waals surface area contributed by atoms with E-state index >= 15 is 0 Å². The number of hydrogen-bond acceptors (Lipinski definition) is 6. The zero-order valence-electron chi connectivity index (χ0n) is 13.9. The van der Waals surface area contributed by atoms with Crippen molar-refractivity contribution in [3.05, 3.63) is 66.5 Å². The Labute approximate surface area is 150 Å². The van der Waals surface area contributed by atoms with Crippen LogP contribution in [0.3, 0.4) is 0 Å². The molecule has 1 aromatic heterocycles. The van der Waals surface area contributed by atoms with Gasteiger partial charge in [0.1, 0.15) is 0 Å². The van der Waals surface area contributed by atoms with Crippen LogP contribution < -0.4 is 11.1 Å². The van der Waals surface area contributed by atoms with Gasteiger partial charge >= 0.3 is 0 Å². The summed E-state index contributed by atoms with van der Waals surface area (Å²) in [5.41, 5.74) is 7.79. The van der Waals surface area contributed by atoms with Crippen LogP contribution in [0.25, 0.3) is 11.4 Å². The summed E-state index contributed by atoms with van der Waals surface area (Å²) in [6.45, 7) is 0. The standard InChI is InChI=1S/C18H16N4O3S/c1-26(24,25)14-6-3-12(4-7-14)18(23)22-16-11-13(5-8-15(16)19)17-20-9-2-10-21-17/h2-11H,19H2,1H3,(H,22,23). The van der Waals surface area contributed by atoms with Crippen LogP contribution in [-0.4, -0.2) is 30.5 Å². The molecule has 7 nitrogen and oxygen atoms in total. The Hall–Kier alpha value is -3.26. The molecule has 0 spiro atoms. The van der Waals surface area contributed by atoms with Crippen molar-refractivity contribution < 1.29 is 13.2 Å². The molecular formula is C18H16N4O3S. The van der Waals surface area contributed by atoms with Crippen molar-refractivity contribution in [1.29, 1.82) is 0 Å². The van der Waals surface area contributed by atoms with Gasteiger partial charge in [0.15, 0.2) is 15.7 Å². The fourth-order valence-corrected chi connectivity index (χ4v) is 2.93. The Morgan fingerprint density at radius 3 is 2.31 bits per heavy atom. The lowest BCUT2D eigenvalue weighted by Crippen LogP contribution is -2.13. The highest BCUT2D eigenvalue weighted by atomic mass is 32.2. The second-order valence-electron chi connectivity index (χ2n) is 5.63. The summed E-state index contributed by atoms with van der Waals surface area (Å²) < 4.78 is 23.0. The van der Waals surface area contributed by atoms with Gasteiger partial charge < -0.3 is 11.1 Å². The Morgan fingerprint density at radius 2 is 1.69 bits per heavy atom. The minimum Gasteiger partial charge on any atom is -0.397 e. The number of benzene rings is 2. The fraction of sp³-hybridized carbons (Fsp3) is 0.0556. The monoisotopic (exact) mass is 368 g/mol. The number of nitrogens with one attached hydrogen (secondary N) is 1. The number of nitrogen functional groups attached to an aromatic ring is 1. The van der Waals surface area contributed by atoms with Gasteiger partial charge in [0.25, 0.3) is 5.91 Å². The van der Waals surface area contributed by atoms with E-state index < -0.39 is 15.7 Å². The van der Waals surface area contributed by atoms with E-state index in [9.17, 15) is 13.2 Å². The molecule has 2 aromatic carbocycles. The first-order valence-corrected chi connectivity index (χ1v) is 9.52. The molecule has 3 N–H and O–H groups in total. The molecule has 0 radical (unpaired) electrons. The largest absolute Gasteiger partial charge is 0.397 e. The van der Waals surface area contributed by atoms with Crippen LogP contribution in [0, 0.1) is 0 Å². The molecule has 1 amide bonds. The molecule has 26 heavy (non-hydrogen) atoms. The van der Waals surface area contributed by atoms with Crippen LogP contribution in [-0.2, 0) is 9.84 Å². The van der Waals surface area contributed by atoms with Crippen molar-refractivity contribution >= 4 is 27.1 Å². The van der Waals surface area contributed by atoms with Crippen molar-refractivity contribution in [1.82, 2.24) is 9.97 Å². The van der Waals surface area contributed by atoms with Gasteiger partial charge in [0.05, 0.1) is 16.3 Å². The molecular weight excluding hydrogens is 352 g/mol. The maximum Gasteiger partial charge on any atom is 0.255 e. The SMILES string of the molecule is CS(=O)(=O)c1ccc(C(=O)Nc2cc(-c3ncccn3)ccc2N)cc1. The molecule has 0 aliphatic rings. The summed E-state index contributed by atoms with van der Waals surface area (Å²) in [7, 11) is -3.31. The quantitative estimate of drug-likeness (QED) is 0.683. The van der Waals surface area contributed by atoms with Crippen molar-refractivity contribution in [2.75, 3.05) is 17.3 Å². The Balaban J connectivity index is 1.85. The van der Waals surface area contributed by atoms with Gasteiger partial charge in [-0.25, -0.2) is 18.4 Å². The summed E-state index contributed by atoms with van der Waals surface area (Å²) in [4.78, 5) is 20.9. The highest BCUT2D eigenvalue weighted by Gasteiger charge is 2.12. The van der Waals surface area contributed by atoms with Gasteiger partial charge in [-0.2, -0.15) is 0 Å². The smallest absolute Gasteiger partial charge is 0.255 e. The topological polar surface area (TPSA) is 115 Å². The number of anilines is 2. The van der Waals surface area contributed by atoms with E-state index in [1.807, 2.05) is 0 Å². The lowest BCUT2D eigenvalue weighted by Gasteiger charge is -2.10. The number of nitrogens with two attached hydrogens (primary N) is 1. The van der Waals surface area contributed by atoms with E-state index in [1.165, 1.54) is 24.3 Å². The Morgan fingerprint density at radius 1 is 1.04 bits per heavy atom. The molecule has 0 atom stereocenters. The summed E-state index contributed by atoms with van der Waals surface area (Å²) in [5, 5.41) is 2.73. The number of rotatable bonds is 4. The van der Waals surface area contributed by atoms with Crippen LogP contribution >= 0.6 is 0 Å². The molecule has 0 bridgehead atoms. The van der Waals surface area contributed by atoms with E-state index in [1.54, 1.807) is 36.7 Å². The molecule has 0 aliphatic heterocycles. The van der Waals surface area contributed by atoms with Crippen molar-refractivity contribution in [3.63, 3.8) is 0 Å². The minimum atomic E-state index is -3.31. The van der Waals surface area contributed by atoms with Crippen LogP contribution in [0.15, 0.2) is 65.8 Å². The number of carbonyl (C=O) groups is 1. The maximum absolute atomic E-state index is 12.4. The normalized spacial score (nSPS) is 11.1. The molecule has 0 unspecified atom stereocenters. The third-order valence-electron chi connectivity index (χ3n) is 3.67. The fourth-order valence-electron chi connectivity index (χ4n) is 2.30. The first-order valence-electron chi connectivity index (χ1n) is 7.63. The summed E-state index contributed by atoms with van der Waals surface area (Å²) in [5.74, 6) is 0.114. The number of amides is 1. The third kappa shape index (κ3) is 3.86. The Bertz CT molecular complexity index is 1050. The second-order valence-corrected chi connectivity index (χ2v) is 7.64.